The van der Waals surface area contributed by atoms with E-state index < -0.39 is 0 Å². The zero-order valence-corrected chi connectivity index (χ0v) is 11.6. The number of hydrogen-bond donors (Lipinski definition) is 1. The first kappa shape index (κ1) is 13.3. The van der Waals surface area contributed by atoms with Gasteiger partial charge in [0, 0.05) is 19.1 Å². The second-order valence-corrected chi connectivity index (χ2v) is 4.71. The lowest BCUT2D eigenvalue weighted by Gasteiger charge is -2.26. The number of likely N-dealkylation sites (N-methyl/N-ethyl adjacent to an activating group) is 1. The lowest BCUT2D eigenvalue weighted by atomic mass is 10.2. The first-order valence-corrected chi connectivity index (χ1v) is 6.67. The summed E-state index contributed by atoms with van der Waals surface area (Å²) < 4.78 is 0. The van der Waals surface area contributed by atoms with E-state index in [1.54, 1.807) is 0 Å². The summed E-state index contributed by atoms with van der Waals surface area (Å²) >= 11 is 5.80. The average molecular weight is 271 g/mol. The fourth-order valence-corrected chi connectivity index (χ4v) is 2.62. The van der Waals surface area contributed by atoms with Gasteiger partial charge >= 0.3 is 0 Å². The molecule has 2 rings (SSSR count). The Morgan fingerprint density at radius 2 is 2.06 bits per heavy atom. The molecule has 1 unspecified atom stereocenters. The molecule has 100 valence electrons. The molecule has 1 aromatic heterocycles. The maximum Gasteiger partial charge on any atom is 0.231 e. The molecule has 0 amide bonds. The van der Waals surface area contributed by atoms with Crippen LogP contribution in [-0.4, -0.2) is 52.1 Å². The maximum absolute atomic E-state index is 5.80. The van der Waals surface area contributed by atoms with Crippen LogP contribution in [-0.2, 0) is 0 Å². The predicted octanol–water partition coefficient (Wildman–Crippen LogP) is 1.03. The molecule has 0 bridgehead atoms. The first-order chi connectivity index (χ1) is 8.63. The zero-order valence-electron chi connectivity index (χ0n) is 10.8. The molecule has 0 aliphatic carbocycles. The molecule has 0 spiro atoms. The Balaban J connectivity index is 2.08. The quantitative estimate of drug-likeness (QED) is 0.881. The van der Waals surface area contributed by atoms with Gasteiger partial charge in [-0.1, -0.05) is 13.8 Å². The van der Waals surface area contributed by atoms with Crippen molar-refractivity contribution in [1.82, 2.24) is 19.9 Å². The van der Waals surface area contributed by atoms with Gasteiger partial charge in [-0.15, -0.1) is 0 Å². The number of rotatable bonds is 4. The van der Waals surface area contributed by atoms with Crippen molar-refractivity contribution >= 4 is 23.5 Å². The van der Waals surface area contributed by atoms with Crippen LogP contribution in [0.2, 0.25) is 5.28 Å². The van der Waals surface area contributed by atoms with Crippen molar-refractivity contribution in [2.75, 3.05) is 36.8 Å². The summed E-state index contributed by atoms with van der Waals surface area (Å²) in [6.07, 6.45) is 1.12. The number of aromatic nitrogens is 3. The van der Waals surface area contributed by atoms with Gasteiger partial charge in [0.25, 0.3) is 0 Å². The Hall–Kier alpha value is -1.14. The topological polar surface area (TPSA) is 71.2 Å². The highest BCUT2D eigenvalue weighted by Gasteiger charge is 2.28. The molecule has 0 aromatic carbocycles. The van der Waals surface area contributed by atoms with Crippen molar-refractivity contribution in [3.8, 4) is 0 Å². The summed E-state index contributed by atoms with van der Waals surface area (Å²) in [6.45, 7) is 8.35. The summed E-state index contributed by atoms with van der Waals surface area (Å²) in [6, 6.07) is 0.553. The van der Waals surface area contributed by atoms with Crippen LogP contribution in [0.5, 0.6) is 0 Å². The Kier molecular flexibility index (Phi) is 4.19. The van der Waals surface area contributed by atoms with E-state index >= 15 is 0 Å². The molecular formula is C11H19ClN6. The van der Waals surface area contributed by atoms with E-state index in [-0.39, 0.29) is 11.2 Å². The molecule has 2 heterocycles. The van der Waals surface area contributed by atoms with Crippen molar-refractivity contribution in [1.29, 1.82) is 0 Å². The number of nitrogens with zero attached hydrogens (tertiary/aromatic N) is 5. The minimum atomic E-state index is 0.156. The predicted molar refractivity (Wildman–Crippen MR) is 72.8 cm³/mol. The third-order valence-corrected chi connectivity index (χ3v) is 3.56. The summed E-state index contributed by atoms with van der Waals surface area (Å²) in [5, 5.41) is 0.156. The summed E-state index contributed by atoms with van der Waals surface area (Å²) in [5.74, 6) is 0.762. The maximum atomic E-state index is 5.80. The molecule has 0 radical (unpaired) electrons. The molecule has 2 N–H and O–H groups in total. The number of hydrogen-bond acceptors (Lipinski definition) is 6. The Morgan fingerprint density at radius 1 is 1.33 bits per heavy atom. The third-order valence-electron chi connectivity index (χ3n) is 3.39. The van der Waals surface area contributed by atoms with E-state index in [4.69, 9.17) is 17.3 Å². The van der Waals surface area contributed by atoms with Crippen molar-refractivity contribution < 1.29 is 0 Å². The molecular weight excluding hydrogens is 252 g/mol. The Bertz CT molecular complexity index is 388. The average Bonchev–Trinajstić information content (AvgIpc) is 2.79. The van der Waals surface area contributed by atoms with Crippen LogP contribution in [0.4, 0.5) is 11.9 Å². The highest BCUT2D eigenvalue weighted by atomic mass is 35.5. The first-order valence-electron chi connectivity index (χ1n) is 6.30. The molecule has 7 heteroatoms. The molecule has 1 aliphatic rings. The molecule has 0 saturated carbocycles. The van der Waals surface area contributed by atoms with Gasteiger partial charge < -0.3 is 10.6 Å². The van der Waals surface area contributed by atoms with Gasteiger partial charge in [-0.05, 0) is 31.1 Å². The minimum absolute atomic E-state index is 0.156. The normalized spacial score (nSPS) is 19.8. The van der Waals surface area contributed by atoms with Gasteiger partial charge in [-0.2, -0.15) is 15.0 Å². The van der Waals surface area contributed by atoms with Gasteiger partial charge in [-0.3, -0.25) is 4.90 Å². The van der Waals surface area contributed by atoms with Crippen LogP contribution >= 0.6 is 11.6 Å². The van der Waals surface area contributed by atoms with Gasteiger partial charge in [0.1, 0.15) is 0 Å². The zero-order chi connectivity index (χ0) is 13.1. The molecule has 18 heavy (non-hydrogen) atoms. The number of nitrogens with two attached hydrogens (primary N) is 1. The number of anilines is 2. The van der Waals surface area contributed by atoms with Crippen molar-refractivity contribution in [2.24, 2.45) is 0 Å². The lowest BCUT2D eigenvalue weighted by Crippen LogP contribution is -2.37. The number of nitrogen functional groups attached to an aromatic ring is 1. The summed E-state index contributed by atoms with van der Waals surface area (Å²) in [7, 11) is 0. The molecule has 1 fully saturated rings. The smallest absolute Gasteiger partial charge is 0.231 e. The standard InChI is InChI=1S/C11H19ClN6/c1-3-17(4-2)8-5-6-18(7-8)11-15-9(12)14-10(13)16-11/h8H,3-7H2,1-2H3,(H2,13,14,15,16). The monoisotopic (exact) mass is 270 g/mol. The molecule has 1 aliphatic heterocycles. The largest absolute Gasteiger partial charge is 0.368 e. The van der Waals surface area contributed by atoms with Crippen molar-refractivity contribution in [3.05, 3.63) is 5.28 Å². The van der Waals surface area contributed by atoms with Crippen LogP contribution in [0.25, 0.3) is 0 Å². The highest BCUT2D eigenvalue weighted by Crippen LogP contribution is 2.21. The van der Waals surface area contributed by atoms with E-state index in [2.05, 4.69) is 38.6 Å². The van der Waals surface area contributed by atoms with E-state index in [9.17, 15) is 0 Å². The van der Waals surface area contributed by atoms with Gasteiger partial charge in [0.15, 0.2) is 0 Å². The van der Waals surface area contributed by atoms with Crippen LogP contribution in [0.15, 0.2) is 0 Å². The molecule has 1 atom stereocenters. The van der Waals surface area contributed by atoms with E-state index in [1.807, 2.05) is 0 Å². The Labute approximate surface area is 112 Å². The highest BCUT2D eigenvalue weighted by molar-refractivity contribution is 6.28. The SMILES string of the molecule is CCN(CC)C1CCN(c2nc(N)nc(Cl)n2)C1. The van der Waals surface area contributed by atoms with Crippen molar-refractivity contribution in [3.63, 3.8) is 0 Å². The van der Waals surface area contributed by atoms with Crippen LogP contribution in [0.1, 0.15) is 20.3 Å². The third kappa shape index (κ3) is 2.81. The second kappa shape index (κ2) is 5.67. The van der Waals surface area contributed by atoms with Crippen LogP contribution < -0.4 is 10.6 Å². The van der Waals surface area contributed by atoms with E-state index in [1.165, 1.54) is 0 Å². The summed E-state index contributed by atoms with van der Waals surface area (Å²) in [5.41, 5.74) is 5.59. The lowest BCUT2D eigenvalue weighted by molar-refractivity contribution is 0.232. The summed E-state index contributed by atoms with van der Waals surface area (Å²) in [4.78, 5) is 16.6. The molecule has 6 nitrogen and oxygen atoms in total. The van der Waals surface area contributed by atoms with E-state index in [0.29, 0.717) is 12.0 Å². The van der Waals surface area contributed by atoms with Gasteiger partial charge in [-0.25, -0.2) is 0 Å². The van der Waals surface area contributed by atoms with Crippen molar-refractivity contribution in [2.45, 2.75) is 26.3 Å². The van der Waals surface area contributed by atoms with Crippen LogP contribution in [0, 0.1) is 0 Å². The molecule has 1 aromatic rings. The minimum Gasteiger partial charge on any atom is -0.368 e. The second-order valence-electron chi connectivity index (χ2n) is 4.37. The fourth-order valence-electron chi connectivity index (χ4n) is 2.46. The van der Waals surface area contributed by atoms with Crippen LogP contribution in [0.3, 0.4) is 0 Å². The van der Waals surface area contributed by atoms with Gasteiger partial charge in [0.05, 0.1) is 0 Å². The molecule has 1 saturated heterocycles. The Morgan fingerprint density at radius 3 is 2.67 bits per heavy atom. The van der Waals surface area contributed by atoms with Gasteiger partial charge in [0.2, 0.25) is 17.2 Å². The number of halogens is 1. The van der Waals surface area contributed by atoms with E-state index in [0.717, 1.165) is 32.6 Å². The fraction of sp³-hybridized carbons (Fsp3) is 0.727.